The van der Waals surface area contributed by atoms with Gasteiger partial charge in [0.05, 0.1) is 12.1 Å². The van der Waals surface area contributed by atoms with Gasteiger partial charge in [-0.3, -0.25) is 25.2 Å². The van der Waals surface area contributed by atoms with Crippen molar-refractivity contribution in [3.63, 3.8) is 0 Å². The number of hydrogen-bond acceptors (Lipinski definition) is 5. The average Bonchev–Trinajstić information content (AvgIpc) is 3.19. The maximum Gasteiger partial charge on any atom is 0.305 e. The summed E-state index contributed by atoms with van der Waals surface area (Å²) in [5.74, 6) is -0.428. The lowest BCUT2D eigenvalue weighted by atomic mass is 9.93. The Balaban J connectivity index is 1.43. The van der Waals surface area contributed by atoms with Crippen molar-refractivity contribution >= 4 is 23.4 Å². The van der Waals surface area contributed by atoms with Crippen LogP contribution in [0.15, 0.2) is 64.1 Å². The summed E-state index contributed by atoms with van der Waals surface area (Å²) < 4.78 is 5.83. The molecule has 3 N–H and O–H groups in total. The SMILES string of the molecule is Cc1ccc(C(=O)N/N=C2\CCCc3oc(C(=O)NNC(=O)Cc4ccccc4)c(C)c32)cc1. The summed E-state index contributed by atoms with van der Waals surface area (Å²) in [4.78, 5) is 37.3. The molecule has 34 heavy (non-hydrogen) atoms. The minimum absolute atomic E-state index is 0.115. The molecule has 2 aromatic carbocycles. The van der Waals surface area contributed by atoms with Gasteiger partial charge in [0.2, 0.25) is 5.91 Å². The van der Waals surface area contributed by atoms with Gasteiger partial charge in [0, 0.05) is 23.1 Å². The van der Waals surface area contributed by atoms with E-state index >= 15 is 0 Å². The maximum atomic E-state index is 12.7. The smallest absolute Gasteiger partial charge is 0.305 e. The van der Waals surface area contributed by atoms with Crippen LogP contribution in [0, 0.1) is 13.8 Å². The molecule has 0 spiro atoms. The first-order chi connectivity index (χ1) is 16.4. The van der Waals surface area contributed by atoms with E-state index in [9.17, 15) is 14.4 Å². The van der Waals surface area contributed by atoms with Gasteiger partial charge < -0.3 is 4.42 Å². The first-order valence-corrected chi connectivity index (χ1v) is 11.1. The van der Waals surface area contributed by atoms with Crippen molar-refractivity contribution in [3.05, 3.63) is 93.9 Å². The van der Waals surface area contributed by atoms with Crippen molar-refractivity contribution in [1.29, 1.82) is 0 Å². The Morgan fingerprint density at radius 3 is 2.38 bits per heavy atom. The Kier molecular flexibility index (Phi) is 6.87. The summed E-state index contributed by atoms with van der Waals surface area (Å²) in [7, 11) is 0. The number of rotatable bonds is 5. The van der Waals surface area contributed by atoms with Crippen LogP contribution < -0.4 is 16.3 Å². The van der Waals surface area contributed by atoms with Gasteiger partial charge in [-0.15, -0.1) is 0 Å². The van der Waals surface area contributed by atoms with E-state index in [1.54, 1.807) is 19.1 Å². The van der Waals surface area contributed by atoms with Crippen molar-refractivity contribution in [2.45, 2.75) is 39.5 Å². The van der Waals surface area contributed by atoms with E-state index in [0.29, 0.717) is 35.4 Å². The molecule has 174 valence electrons. The largest absolute Gasteiger partial charge is 0.455 e. The molecule has 0 unspecified atom stereocenters. The van der Waals surface area contributed by atoms with Crippen LogP contribution in [-0.4, -0.2) is 23.4 Å². The van der Waals surface area contributed by atoms with Gasteiger partial charge in [-0.05, 0) is 44.4 Å². The number of furan rings is 1. The van der Waals surface area contributed by atoms with Crippen LogP contribution in [0.3, 0.4) is 0 Å². The van der Waals surface area contributed by atoms with Gasteiger partial charge in [0.1, 0.15) is 5.76 Å². The van der Waals surface area contributed by atoms with Crippen molar-refractivity contribution < 1.29 is 18.8 Å². The second kappa shape index (κ2) is 10.2. The summed E-state index contributed by atoms with van der Waals surface area (Å²) in [6.07, 6.45) is 2.24. The van der Waals surface area contributed by atoms with Gasteiger partial charge in [-0.25, -0.2) is 5.43 Å². The number of hydrazone groups is 1. The molecule has 1 aliphatic carbocycles. The lowest BCUT2D eigenvalue weighted by Crippen LogP contribution is -2.42. The number of nitrogens with zero attached hydrogens (tertiary/aromatic N) is 1. The summed E-state index contributed by atoms with van der Waals surface area (Å²) in [6, 6.07) is 16.5. The molecule has 0 bridgehead atoms. The van der Waals surface area contributed by atoms with E-state index in [1.807, 2.05) is 49.4 Å². The van der Waals surface area contributed by atoms with E-state index in [4.69, 9.17) is 4.42 Å². The monoisotopic (exact) mass is 458 g/mol. The number of aryl methyl sites for hydroxylation is 2. The first kappa shape index (κ1) is 23.0. The summed E-state index contributed by atoms with van der Waals surface area (Å²) in [5, 5.41) is 4.33. The van der Waals surface area contributed by atoms with Crippen LogP contribution in [-0.2, 0) is 17.6 Å². The molecule has 3 aromatic rings. The molecular formula is C26H26N4O4. The molecule has 0 saturated heterocycles. The number of hydrogen-bond donors (Lipinski definition) is 3. The maximum absolute atomic E-state index is 12.7. The zero-order valence-electron chi connectivity index (χ0n) is 19.1. The molecule has 0 atom stereocenters. The van der Waals surface area contributed by atoms with Gasteiger partial charge in [0.15, 0.2) is 5.76 Å². The zero-order valence-corrected chi connectivity index (χ0v) is 19.1. The van der Waals surface area contributed by atoms with Gasteiger partial charge in [-0.1, -0.05) is 48.0 Å². The molecular weight excluding hydrogens is 432 g/mol. The Morgan fingerprint density at radius 1 is 0.912 bits per heavy atom. The summed E-state index contributed by atoms with van der Waals surface area (Å²) in [6.45, 7) is 3.72. The number of carbonyl (C=O) groups excluding carboxylic acids is 3. The predicted octanol–water partition coefficient (Wildman–Crippen LogP) is 3.37. The van der Waals surface area contributed by atoms with E-state index in [0.717, 1.165) is 23.1 Å². The molecule has 0 fully saturated rings. The summed E-state index contributed by atoms with van der Waals surface area (Å²) >= 11 is 0. The third-order valence-corrected chi connectivity index (χ3v) is 5.66. The number of nitrogens with one attached hydrogen (secondary N) is 3. The van der Waals surface area contributed by atoms with Crippen molar-refractivity contribution in [3.8, 4) is 0 Å². The Morgan fingerprint density at radius 2 is 1.65 bits per heavy atom. The molecule has 3 amide bonds. The van der Waals surface area contributed by atoms with Gasteiger partial charge >= 0.3 is 5.91 Å². The second-order valence-corrected chi connectivity index (χ2v) is 8.24. The standard InChI is InChI=1S/C26H26N4O4/c1-16-11-13-19(14-12-16)25(32)29-27-20-9-6-10-21-23(20)17(2)24(34-21)26(33)30-28-22(31)15-18-7-4-3-5-8-18/h3-5,7-8,11-14H,6,9-10,15H2,1-2H3,(H,28,31)(H,29,32)(H,30,33)/b27-20+. The minimum atomic E-state index is -0.545. The van der Waals surface area contributed by atoms with Crippen LogP contribution in [0.5, 0.6) is 0 Å². The fourth-order valence-electron chi connectivity index (χ4n) is 3.89. The van der Waals surface area contributed by atoms with E-state index in [-0.39, 0.29) is 24.0 Å². The fourth-order valence-corrected chi connectivity index (χ4v) is 3.89. The number of fused-ring (bicyclic) bond motifs is 1. The number of carbonyl (C=O) groups is 3. The lowest BCUT2D eigenvalue weighted by Gasteiger charge is -2.13. The highest BCUT2D eigenvalue weighted by atomic mass is 16.4. The molecule has 0 saturated carbocycles. The molecule has 0 aliphatic heterocycles. The topological polar surface area (TPSA) is 113 Å². The Hall–Kier alpha value is -4.20. The Bertz CT molecular complexity index is 1240. The van der Waals surface area contributed by atoms with Crippen LogP contribution in [0.1, 0.15) is 61.8 Å². The predicted molar refractivity (Wildman–Crippen MR) is 127 cm³/mol. The third kappa shape index (κ3) is 5.23. The highest BCUT2D eigenvalue weighted by molar-refractivity contribution is 6.07. The number of amides is 3. The molecule has 1 aliphatic rings. The van der Waals surface area contributed by atoms with Crippen LogP contribution in [0.2, 0.25) is 0 Å². The van der Waals surface area contributed by atoms with E-state index in [2.05, 4.69) is 21.4 Å². The Labute approximate surface area is 197 Å². The normalized spacial score (nSPS) is 13.8. The molecule has 1 heterocycles. The zero-order chi connectivity index (χ0) is 24.1. The minimum Gasteiger partial charge on any atom is -0.455 e. The lowest BCUT2D eigenvalue weighted by molar-refractivity contribution is -0.121. The molecule has 8 nitrogen and oxygen atoms in total. The fraction of sp³-hybridized carbons (Fsp3) is 0.231. The molecule has 0 radical (unpaired) electrons. The van der Waals surface area contributed by atoms with Crippen LogP contribution in [0.4, 0.5) is 0 Å². The first-order valence-electron chi connectivity index (χ1n) is 11.1. The van der Waals surface area contributed by atoms with Gasteiger partial charge in [0.25, 0.3) is 5.91 Å². The van der Waals surface area contributed by atoms with Crippen LogP contribution in [0.25, 0.3) is 0 Å². The average molecular weight is 459 g/mol. The highest BCUT2D eigenvalue weighted by Crippen LogP contribution is 2.29. The molecule has 1 aromatic heterocycles. The van der Waals surface area contributed by atoms with E-state index in [1.165, 1.54) is 0 Å². The van der Waals surface area contributed by atoms with E-state index < -0.39 is 5.91 Å². The third-order valence-electron chi connectivity index (χ3n) is 5.66. The van der Waals surface area contributed by atoms with Crippen molar-refractivity contribution in [1.82, 2.24) is 16.3 Å². The molecule has 4 rings (SSSR count). The summed E-state index contributed by atoms with van der Waals surface area (Å²) in [5.41, 5.74) is 11.9. The molecule has 8 heteroatoms. The highest BCUT2D eigenvalue weighted by Gasteiger charge is 2.28. The van der Waals surface area contributed by atoms with Gasteiger partial charge in [-0.2, -0.15) is 5.10 Å². The quantitative estimate of drug-likeness (QED) is 0.509. The second-order valence-electron chi connectivity index (χ2n) is 8.24. The number of benzene rings is 2. The van der Waals surface area contributed by atoms with Crippen molar-refractivity contribution in [2.24, 2.45) is 5.10 Å². The van der Waals surface area contributed by atoms with Crippen molar-refractivity contribution in [2.75, 3.05) is 0 Å². The van der Waals surface area contributed by atoms with Crippen LogP contribution >= 0.6 is 0 Å². The number of hydrazine groups is 1.